The number of nitrogens with zero attached hydrogens (tertiary/aromatic N) is 1. The predicted molar refractivity (Wildman–Crippen MR) is 69.4 cm³/mol. The summed E-state index contributed by atoms with van der Waals surface area (Å²) in [6.45, 7) is 3.53. The number of halogens is 1. The van der Waals surface area contributed by atoms with Crippen molar-refractivity contribution in [3.8, 4) is 0 Å². The molecule has 1 fully saturated rings. The summed E-state index contributed by atoms with van der Waals surface area (Å²) in [5.74, 6) is 0.143. The summed E-state index contributed by atoms with van der Waals surface area (Å²) in [5.41, 5.74) is 7.78. The Morgan fingerprint density at radius 2 is 2.31 bits per heavy atom. The van der Waals surface area contributed by atoms with E-state index in [9.17, 15) is 4.79 Å². The van der Waals surface area contributed by atoms with Crippen LogP contribution in [0.2, 0.25) is 0 Å². The van der Waals surface area contributed by atoms with Crippen LogP contribution in [0.1, 0.15) is 28.8 Å². The number of piperidine rings is 1. The third kappa shape index (κ3) is 2.75. The normalized spacial score (nSPS) is 20.4. The van der Waals surface area contributed by atoms with Crippen LogP contribution in [0.4, 0.5) is 0 Å². The number of nitrogens with two attached hydrogens (primary N) is 1. The topological polar surface area (TPSA) is 46.3 Å². The lowest BCUT2D eigenvalue weighted by Crippen LogP contribution is -2.45. The lowest BCUT2D eigenvalue weighted by Gasteiger charge is -2.30. The second-order valence-corrected chi connectivity index (χ2v) is 4.87. The highest BCUT2D eigenvalue weighted by atomic mass is 35.5. The van der Waals surface area contributed by atoms with Gasteiger partial charge in [0.2, 0.25) is 0 Å². The third-order valence-corrected chi connectivity index (χ3v) is 3.69. The summed E-state index contributed by atoms with van der Waals surface area (Å²) < 4.78 is 0. The lowest BCUT2D eigenvalue weighted by atomic mass is 10.1. The molecular weight excluding hydrogens is 244 g/mol. The van der Waals surface area contributed by atoms with E-state index in [2.05, 4.69) is 0 Å². The smallest absolute Gasteiger partial charge is 0.255 e. The maximum absolute atomic E-state index is 12.1. The Hall–Kier alpha value is -0.580. The molecule has 16 heavy (non-hydrogen) atoms. The van der Waals surface area contributed by atoms with Crippen LogP contribution in [0.5, 0.6) is 0 Å². The van der Waals surface area contributed by atoms with Gasteiger partial charge in [-0.1, -0.05) is 0 Å². The Bertz CT molecular complexity index is 367. The van der Waals surface area contributed by atoms with E-state index in [1.165, 1.54) is 0 Å². The van der Waals surface area contributed by atoms with Crippen molar-refractivity contribution >= 4 is 29.7 Å². The SMILES string of the molecule is Cc1cscc1C(=O)N1CCCC(N)C1.Cl. The summed E-state index contributed by atoms with van der Waals surface area (Å²) in [6.07, 6.45) is 2.06. The largest absolute Gasteiger partial charge is 0.337 e. The van der Waals surface area contributed by atoms with Gasteiger partial charge in [0, 0.05) is 24.5 Å². The highest BCUT2D eigenvalue weighted by molar-refractivity contribution is 7.08. The van der Waals surface area contributed by atoms with Crippen LogP contribution in [0.15, 0.2) is 10.8 Å². The van der Waals surface area contributed by atoms with E-state index in [1.54, 1.807) is 11.3 Å². The van der Waals surface area contributed by atoms with E-state index >= 15 is 0 Å². The first-order valence-electron chi connectivity index (χ1n) is 5.26. The fourth-order valence-corrected chi connectivity index (χ4v) is 2.77. The van der Waals surface area contributed by atoms with Crippen molar-refractivity contribution in [3.63, 3.8) is 0 Å². The second kappa shape index (κ2) is 5.66. The van der Waals surface area contributed by atoms with Crippen LogP contribution < -0.4 is 5.73 Å². The van der Waals surface area contributed by atoms with Crippen molar-refractivity contribution in [1.82, 2.24) is 4.90 Å². The van der Waals surface area contributed by atoms with Gasteiger partial charge in [0.15, 0.2) is 0 Å². The van der Waals surface area contributed by atoms with Crippen molar-refractivity contribution in [1.29, 1.82) is 0 Å². The van der Waals surface area contributed by atoms with Gasteiger partial charge in [0.25, 0.3) is 5.91 Å². The van der Waals surface area contributed by atoms with Gasteiger partial charge in [-0.05, 0) is 30.7 Å². The quantitative estimate of drug-likeness (QED) is 0.840. The maximum Gasteiger partial charge on any atom is 0.255 e. The van der Waals surface area contributed by atoms with Gasteiger partial charge in [-0.2, -0.15) is 11.3 Å². The van der Waals surface area contributed by atoms with Crippen LogP contribution in [-0.4, -0.2) is 29.9 Å². The number of thiophene rings is 1. The molecule has 2 heterocycles. The van der Waals surface area contributed by atoms with Gasteiger partial charge in [0.05, 0.1) is 5.56 Å². The minimum atomic E-state index is 0. The van der Waals surface area contributed by atoms with Crippen molar-refractivity contribution < 1.29 is 4.79 Å². The number of amides is 1. The summed E-state index contributed by atoms with van der Waals surface area (Å²) in [4.78, 5) is 14.0. The fourth-order valence-electron chi connectivity index (χ4n) is 1.94. The van der Waals surface area contributed by atoms with Gasteiger partial charge in [-0.15, -0.1) is 12.4 Å². The van der Waals surface area contributed by atoms with Crippen LogP contribution in [0.25, 0.3) is 0 Å². The predicted octanol–water partition coefficient (Wildman–Crippen LogP) is 2.04. The molecule has 5 heteroatoms. The number of hydrogen-bond donors (Lipinski definition) is 1. The molecule has 3 nitrogen and oxygen atoms in total. The van der Waals surface area contributed by atoms with Gasteiger partial charge in [-0.3, -0.25) is 4.79 Å². The molecule has 1 aromatic heterocycles. The molecular formula is C11H17ClN2OS. The first-order chi connectivity index (χ1) is 7.18. The Morgan fingerprint density at radius 3 is 2.88 bits per heavy atom. The number of rotatable bonds is 1. The highest BCUT2D eigenvalue weighted by Gasteiger charge is 2.23. The summed E-state index contributed by atoms with van der Waals surface area (Å²) in [6, 6.07) is 0.154. The Morgan fingerprint density at radius 1 is 1.56 bits per heavy atom. The molecule has 0 radical (unpaired) electrons. The zero-order valence-electron chi connectivity index (χ0n) is 9.31. The third-order valence-electron chi connectivity index (χ3n) is 2.83. The molecule has 1 aromatic rings. The molecule has 0 saturated carbocycles. The highest BCUT2D eigenvalue weighted by Crippen LogP contribution is 2.18. The van der Waals surface area contributed by atoms with E-state index in [4.69, 9.17) is 5.73 Å². The fraction of sp³-hybridized carbons (Fsp3) is 0.545. The molecule has 1 amide bonds. The van der Waals surface area contributed by atoms with Crippen LogP contribution in [0, 0.1) is 6.92 Å². The number of aryl methyl sites for hydroxylation is 1. The molecule has 0 aliphatic carbocycles. The van der Waals surface area contributed by atoms with E-state index in [0.29, 0.717) is 6.54 Å². The number of hydrogen-bond acceptors (Lipinski definition) is 3. The zero-order valence-corrected chi connectivity index (χ0v) is 10.9. The number of likely N-dealkylation sites (tertiary alicyclic amines) is 1. The molecule has 2 rings (SSSR count). The lowest BCUT2D eigenvalue weighted by molar-refractivity contribution is 0.0708. The molecule has 0 aromatic carbocycles. The van der Waals surface area contributed by atoms with Crippen LogP contribution in [-0.2, 0) is 0 Å². The summed E-state index contributed by atoms with van der Waals surface area (Å²) in [5, 5.41) is 3.94. The van der Waals surface area contributed by atoms with E-state index < -0.39 is 0 Å². The first-order valence-corrected chi connectivity index (χ1v) is 6.20. The van der Waals surface area contributed by atoms with Crippen molar-refractivity contribution in [2.24, 2.45) is 5.73 Å². The molecule has 90 valence electrons. The molecule has 0 bridgehead atoms. The second-order valence-electron chi connectivity index (χ2n) is 4.12. The van der Waals surface area contributed by atoms with Gasteiger partial charge >= 0.3 is 0 Å². The number of carbonyl (C=O) groups is 1. The van der Waals surface area contributed by atoms with Gasteiger partial charge in [0.1, 0.15) is 0 Å². The molecule has 0 spiro atoms. The minimum absolute atomic E-state index is 0. The minimum Gasteiger partial charge on any atom is -0.337 e. The zero-order chi connectivity index (χ0) is 10.8. The molecule has 1 atom stereocenters. The van der Waals surface area contributed by atoms with E-state index in [1.807, 2.05) is 22.6 Å². The number of carbonyl (C=O) groups excluding carboxylic acids is 1. The Balaban J connectivity index is 0.00000128. The monoisotopic (exact) mass is 260 g/mol. The van der Waals surface area contributed by atoms with E-state index in [-0.39, 0.29) is 24.4 Å². The van der Waals surface area contributed by atoms with Crippen LogP contribution in [0.3, 0.4) is 0 Å². The average Bonchev–Trinajstić information content (AvgIpc) is 2.63. The Labute approximate surface area is 106 Å². The summed E-state index contributed by atoms with van der Waals surface area (Å²) in [7, 11) is 0. The van der Waals surface area contributed by atoms with Crippen molar-refractivity contribution in [2.75, 3.05) is 13.1 Å². The van der Waals surface area contributed by atoms with Gasteiger partial charge in [-0.25, -0.2) is 0 Å². The van der Waals surface area contributed by atoms with Gasteiger partial charge < -0.3 is 10.6 Å². The van der Waals surface area contributed by atoms with E-state index in [0.717, 1.165) is 30.5 Å². The standard InChI is InChI=1S/C11H16N2OS.ClH/c1-8-6-15-7-10(8)11(14)13-4-2-3-9(12)5-13;/h6-7,9H,2-5,12H2,1H3;1H. The molecule has 1 unspecified atom stereocenters. The first kappa shape index (κ1) is 13.5. The average molecular weight is 261 g/mol. The maximum atomic E-state index is 12.1. The van der Waals surface area contributed by atoms with Crippen LogP contribution >= 0.6 is 23.7 Å². The van der Waals surface area contributed by atoms with Crippen molar-refractivity contribution in [3.05, 3.63) is 21.9 Å². The summed E-state index contributed by atoms with van der Waals surface area (Å²) >= 11 is 1.58. The molecule has 1 aliphatic heterocycles. The van der Waals surface area contributed by atoms with Crippen molar-refractivity contribution in [2.45, 2.75) is 25.8 Å². The molecule has 1 saturated heterocycles. The molecule has 2 N–H and O–H groups in total. The molecule has 1 aliphatic rings. The Kier molecular flexibility index (Phi) is 4.77.